The molecule has 0 aliphatic heterocycles. The minimum atomic E-state index is -3.68. The van der Waals surface area contributed by atoms with Crippen LogP contribution in [0.5, 0.6) is 5.75 Å². The van der Waals surface area contributed by atoms with E-state index in [9.17, 15) is 13.2 Å². The van der Waals surface area contributed by atoms with Gasteiger partial charge in [0.2, 0.25) is 10.0 Å². The maximum atomic E-state index is 12.8. The van der Waals surface area contributed by atoms with Crippen molar-refractivity contribution in [1.82, 2.24) is 4.31 Å². The second-order valence-electron chi connectivity index (χ2n) is 6.93. The smallest absolute Gasteiger partial charge is 0.262 e. The molecule has 8 heteroatoms. The lowest BCUT2D eigenvalue weighted by atomic mass is 10.1. The number of sulfonamides is 1. The molecule has 0 saturated carbocycles. The van der Waals surface area contributed by atoms with Gasteiger partial charge in [-0.3, -0.25) is 4.79 Å². The first kappa shape index (κ1) is 23.8. The minimum Gasteiger partial charge on any atom is -0.483 e. The molecular formula is C24H25ClN2O4S. The molecule has 0 spiro atoms. The molecule has 0 heterocycles. The standard InChI is InChI=1S/C24H25ClN2O4S/c1-3-27(4-2)32(29,30)19-14-15-21(25)22(16-19)26-24(28)17-31-23-13-9-8-12-20(23)18-10-6-5-7-11-18/h5-16H,3-4,17H2,1-2H3,(H,26,28). The fourth-order valence-corrected chi connectivity index (χ4v) is 4.90. The van der Waals surface area contributed by atoms with E-state index in [1.165, 1.54) is 22.5 Å². The van der Waals surface area contributed by atoms with Gasteiger partial charge < -0.3 is 10.1 Å². The second kappa shape index (κ2) is 10.6. The Bertz CT molecular complexity index is 1180. The number of carbonyl (C=O) groups excluding carboxylic acids is 1. The summed E-state index contributed by atoms with van der Waals surface area (Å²) < 4.78 is 32.6. The van der Waals surface area contributed by atoms with E-state index in [1.807, 2.05) is 48.5 Å². The summed E-state index contributed by atoms with van der Waals surface area (Å²) in [5, 5.41) is 2.89. The number of amides is 1. The van der Waals surface area contributed by atoms with Crippen molar-refractivity contribution >= 4 is 33.2 Å². The number of rotatable bonds is 9. The van der Waals surface area contributed by atoms with Crippen LogP contribution in [0.1, 0.15) is 13.8 Å². The van der Waals surface area contributed by atoms with Crippen molar-refractivity contribution in [3.63, 3.8) is 0 Å². The average molecular weight is 473 g/mol. The third-order valence-corrected chi connectivity index (χ3v) is 7.26. The van der Waals surface area contributed by atoms with Gasteiger partial charge >= 0.3 is 0 Å². The Balaban J connectivity index is 1.74. The van der Waals surface area contributed by atoms with E-state index in [0.717, 1.165) is 11.1 Å². The number of ether oxygens (including phenoxy) is 1. The molecule has 0 bridgehead atoms. The topological polar surface area (TPSA) is 75.7 Å². The quantitative estimate of drug-likeness (QED) is 0.472. The Hall–Kier alpha value is -2.87. The van der Waals surface area contributed by atoms with Crippen molar-refractivity contribution in [3.05, 3.63) is 77.8 Å². The van der Waals surface area contributed by atoms with E-state index < -0.39 is 15.9 Å². The highest BCUT2D eigenvalue weighted by atomic mass is 35.5. The summed E-state index contributed by atoms with van der Waals surface area (Å²) in [6.45, 7) is 3.97. The van der Waals surface area contributed by atoms with Crippen LogP contribution in [0.4, 0.5) is 5.69 Å². The molecule has 3 rings (SSSR count). The molecule has 3 aromatic carbocycles. The van der Waals surface area contributed by atoms with E-state index in [0.29, 0.717) is 18.8 Å². The monoisotopic (exact) mass is 472 g/mol. The SMILES string of the molecule is CCN(CC)S(=O)(=O)c1ccc(Cl)c(NC(=O)COc2ccccc2-c2ccccc2)c1. The number of benzene rings is 3. The lowest BCUT2D eigenvalue weighted by Crippen LogP contribution is -2.30. The summed E-state index contributed by atoms with van der Waals surface area (Å²) >= 11 is 6.20. The van der Waals surface area contributed by atoms with Crippen LogP contribution < -0.4 is 10.1 Å². The molecule has 6 nitrogen and oxygen atoms in total. The Kier molecular flexibility index (Phi) is 7.90. The first-order valence-electron chi connectivity index (χ1n) is 10.2. The highest BCUT2D eigenvalue weighted by Gasteiger charge is 2.23. The Morgan fingerprint density at radius 2 is 1.62 bits per heavy atom. The van der Waals surface area contributed by atoms with E-state index in [2.05, 4.69) is 5.32 Å². The molecule has 0 atom stereocenters. The molecule has 32 heavy (non-hydrogen) atoms. The predicted octanol–water partition coefficient (Wildman–Crippen LogP) is 5.06. The van der Waals surface area contributed by atoms with Gasteiger partial charge in [0.25, 0.3) is 5.91 Å². The summed E-state index contributed by atoms with van der Waals surface area (Å²) in [4.78, 5) is 12.6. The molecule has 0 unspecified atom stereocenters. The average Bonchev–Trinajstić information content (AvgIpc) is 2.80. The highest BCUT2D eigenvalue weighted by Crippen LogP contribution is 2.30. The molecular weight excluding hydrogens is 448 g/mol. The van der Waals surface area contributed by atoms with Crippen LogP contribution in [0.25, 0.3) is 11.1 Å². The number of nitrogens with zero attached hydrogens (tertiary/aromatic N) is 1. The molecule has 168 valence electrons. The van der Waals surface area contributed by atoms with Crippen molar-refractivity contribution in [2.24, 2.45) is 0 Å². The second-order valence-corrected chi connectivity index (χ2v) is 9.28. The number of anilines is 1. The number of nitrogens with one attached hydrogen (secondary N) is 1. The van der Waals surface area contributed by atoms with Crippen LogP contribution >= 0.6 is 11.6 Å². The van der Waals surface area contributed by atoms with Crippen molar-refractivity contribution in [2.75, 3.05) is 25.0 Å². The van der Waals surface area contributed by atoms with Gasteiger partial charge in [-0.1, -0.05) is 74.0 Å². The zero-order valence-corrected chi connectivity index (χ0v) is 19.5. The van der Waals surface area contributed by atoms with E-state index in [1.54, 1.807) is 19.9 Å². The van der Waals surface area contributed by atoms with Gasteiger partial charge in [0.1, 0.15) is 5.75 Å². The summed E-state index contributed by atoms with van der Waals surface area (Å²) in [6.07, 6.45) is 0. The van der Waals surface area contributed by atoms with E-state index in [4.69, 9.17) is 16.3 Å². The Labute approximate surface area is 193 Å². The molecule has 0 saturated heterocycles. The normalized spacial score (nSPS) is 11.4. The number of para-hydroxylation sites is 1. The van der Waals surface area contributed by atoms with Crippen LogP contribution in [-0.4, -0.2) is 38.3 Å². The zero-order chi connectivity index (χ0) is 23.1. The van der Waals surface area contributed by atoms with Crippen molar-refractivity contribution in [3.8, 4) is 16.9 Å². The number of hydrogen-bond donors (Lipinski definition) is 1. The zero-order valence-electron chi connectivity index (χ0n) is 17.9. The molecule has 1 amide bonds. The minimum absolute atomic E-state index is 0.0660. The summed E-state index contributed by atoms with van der Waals surface area (Å²) in [5.74, 6) is 0.116. The molecule has 3 aromatic rings. The molecule has 0 aromatic heterocycles. The number of halogens is 1. The first-order chi connectivity index (χ1) is 15.4. The van der Waals surface area contributed by atoms with Crippen LogP contribution in [-0.2, 0) is 14.8 Å². The molecule has 1 N–H and O–H groups in total. The van der Waals surface area contributed by atoms with Crippen LogP contribution in [0.2, 0.25) is 5.02 Å². The van der Waals surface area contributed by atoms with Crippen LogP contribution in [0.3, 0.4) is 0 Å². The summed E-state index contributed by atoms with van der Waals surface area (Å²) in [6, 6.07) is 21.4. The Morgan fingerprint density at radius 3 is 2.31 bits per heavy atom. The summed E-state index contributed by atoms with van der Waals surface area (Å²) in [7, 11) is -3.68. The number of hydrogen-bond acceptors (Lipinski definition) is 4. The van der Waals surface area contributed by atoms with Gasteiger partial charge in [-0.2, -0.15) is 4.31 Å². The molecule has 0 aliphatic carbocycles. The van der Waals surface area contributed by atoms with Crippen molar-refractivity contribution in [1.29, 1.82) is 0 Å². The predicted molar refractivity (Wildman–Crippen MR) is 128 cm³/mol. The van der Waals surface area contributed by atoms with Gasteiger partial charge in [-0.15, -0.1) is 0 Å². The lowest BCUT2D eigenvalue weighted by Gasteiger charge is -2.19. The molecule has 0 fully saturated rings. The van der Waals surface area contributed by atoms with Crippen LogP contribution in [0, 0.1) is 0 Å². The maximum absolute atomic E-state index is 12.8. The maximum Gasteiger partial charge on any atom is 0.262 e. The fraction of sp³-hybridized carbons (Fsp3) is 0.208. The Morgan fingerprint density at radius 1 is 0.969 bits per heavy atom. The highest BCUT2D eigenvalue weighted by molar-refractivity contribution is 7.89. The third-order valence-electron chi connectivity index (χ3n) is 4.89. The molecule has 0 aliphatic rings. The van der Waals surface area contributed by atoms with Crippen molar-refractivity contribution in [2.45, 2.75) is 18.7 Å². The van der Waals surface area contributed by atoms with Crippen molar-refractivity contribution < 1.29 is 17.9 Å². The van der Waals surface area contributed by atoms with E-state index >= 15 is 0 Å². The summed E-state index contributed by atoms with van der Waals surface area (Å²) in [5.41, 5.74) is 2.05. The first-order valence-corrected chi connectivity index (χ1v) is 12.1. The van der Waals surface area contributed by atoms with Crippen LogP contribution in [0.15, 0.2) is 77.7 Å². The largest absolute Gasteiger partial charge is 0.483 e. The van der Waals surface area contributed by atoms with Gasteiger partial charge in [-0.25, -0.2) is 8.42 Å². The fourth-order valence-electron chi connectivity index (χ4n) is 3.25. The third kappa shape index (κ3) is 5.48. The lowest BCUT2D eigenvalue weighted by molar-refractivity contribution is -0.118. The van der Waals surface area contributed by atoms with Gasteiger partial charge in [-0.05, 0) is 29.8 Å². The van der Waals surface area contributed by atoms with Gasteiger partial charge in [0.15, 0.2) is 6.61 Å². The number of carbonyl (C=O) groups is 1. The van der Waals surface area contributed by atoms with E-state index in [-0.39, 0.29) is 22.2 Å². The van der Waals surface area contributed by atoms with Gasteiger partial charge in [0.05, 0.1) is 15.6 Å². The molecule has 0 radical (unpaired) electrons. The van der Waals surface area contributed by atoms with Gasteiger partial charge in [0, 0.05) is 18.7 Å².